The molecule has 154 valence electrons. The summed E-state index contributed by atoms with van der Waals surface area (Å²) in [5.41, 5.74) is 1.31. The lowest BCUT2D eigenvalue weighted by molar-refractivity contribution is -0.0839. The number of benzene rings is 1. The Labute approximate surface area is 168 Å². The van der Waals surface area contributed by atoms with Crippen LogP contribution in [0, 0.1) is 24.7 Å². The normalized spacial score (nSPS) is 21.3. The van der Waals surface area contributed by atoms with Crippen molar-refractivity contribution in [3.05, 3.63) is 29.8 Å². The molecule has 1 aliphatic heterocycles. The van der Waals surface area contributed by atoms with Crippen LogP contribution < -0.4 is 4.72 Å². The number of aryl methyl sites for hydroxylation is 1. The lowest BCUT2D eigenvalue weighted by atomic mass is 9.76. The van der Waals surface area contributed by atoms with Gasteiger partial charge >= 0.3 is 0 Å². The van der Waals surface area contributed by atoms with Crippen molar-refractivity contribution < 1.29 is 4.74 Å². The Bertz CT molecular complexity index is 673. The monoisotopic (exact) mass is 391 g/mol. The molecule has 0 aromatic heterocycles. The molecule has 2 rings (SSSR count). The molecule has 27 heavy (non-hydrogen) atoms. The first-order valence-electron chi connectivity index (χ1n) is 10.5. The third-order valence-electron chi connectivity index (χ3n) is 5.88. The molecule has 1 aliphatic rings. The highest BCUT2D eigenvalue weighted by atomic mass is 32.2. The fraction of sp³-hybridized carbons (Fsp3) is 0.667. The van der Waals surface area contributed by atoms with E-state index in [0.717, 1.165) is 30.9 Å². The van der Waals surface area contributed by atoms with Gasteiger partial charge in [0.2, 0.25) is 0 Å². The molecule has 0 spiro atoms. The smallest absolute Gasteiger partial charge is 0.0629 e. The second-order valence-electron chi connectivity index (χ2n) is 9.47. The highest BCUT2D eigenvalue weighted by molar-refractivity contribution is 8.26. The summed E-state index contributed by atoms with van der Waals surface area (Å²) in [6.07, 6.45) is 6.23. The molecule has 0 aliphatic carbocycles. The van der Waals surface area contributed by atoms with Gasteiger partial charge in [-0.05, 0) is 76.3 Å². The predicted octanol–water partition coefficient (Wildman–Crippen LogP) is 6.17. The van der Waals surface area contributed by atoms with Crippen LogP contribution in [0.3, 0.4) is 0 Å². The molecular formula is C24H41NOS. The summed E-state index contributed by atoms with van der Waals surface area (Å²) in [5.74, 6) is 11.1. The van der Waals surface area contributed by atoms with Crippen molar-refractivity contribution >= 4 is 21.1 Å². The molecule has 0 unspecified atom stereocenters. The standard InChI is InChI=1S/C24H41NOS/c1-19(2)8-11-21(22-15-17-26-24(4,5)18-22)14-16-25-27(6,7)23-12-9-20(3)10-13-23/h9-10,12-13,19,21-22,25H,6-8,11,14-18H2,1-5H3/t21-,22+/m1/s1. The van der Waals surface area contributed by atoms with E-state index in [-0.39, 0.29) is 5.60 Å². The minimum absolute atomic E-state index is 0.0297. The molecule has 2 nitrogen and oxygen atoms in total. The van der Waals surface area contributed by atoms with Gasteiger partial charge in [0.05, 0.1) is 5.60 Å². The van der Waals surface area contributed by atoms with Gasteiger partial charge < -0.3 is 4.74 Å². The van der Waals surface area contributed by atoms with Crippen molar-refractivity contribution in [3.63, 3.8) is 0 Å². The summed E-state index contributed by atoms with van der Waals surface area (Å²) >= 11 is 0. The summed E-state index contributed by atoms with van der Waals surface area (Å²) in [7, 11) is -1.43. The lowest BCUT2D eigenvalue weighted by Gasteiger charge is -2.39. The van der Waals surface area contributed by atoms with Crippen LogP contribution in [0.5, 0.6) is 0 Å². The molecule has 0 bridgehead atoms. The van der Waals surface area contributed by atoms with Gasteiger partial charge in [0, 0.05) is 18.0 Å². The number of ether oxygens (including phenoxy) is 1. The van der Waals surface area contributed by atoms with E-state index in [9.17, 15) is 0 Å². The van der Waals surface area contributed by atoms with E-state index in [0.29, 0.717) is 0 Å². The summed E-state index contributed by atoms with van der Waals surface area (Å²) in [6, 6.07) is 8.67. The summed E-state index contributed by atoms with van der Waals surface area (Å²) < 4.78 is 9.67. The Morgan fingerprint density at radius 3 is 2.41 bits per heavy atom. The van der Waals surface area contributed by atoms with Crippen LogP contribution in [0.25, 0.3) is 0 Å². The van der Waals surface area contributed by atoms with Crippen LogP contribution in [0.4, 0.5) is 0 Å². The van der Waals surface area contributed by atoms with Crippen molar-refractivity contribution in [3.8, 4) is 0 Å². The minimum atomic E-state index is -1.43. The van der Waals surface area contributed by atoms with Crippen LogP contribution in [-0.2, 0) is 4.74 Å². The number of nitrogens with one attached hydrogen (secondary N) is 1. The zero-order valence-corrected chi connectivity index (χ0v) is 19.0. The van der Waals surface area contributed by atoms with Crippen LogP contribution in [0.2, 0.25) is 0 Å². The van der Waals surface area contributed by atoms with Gasteiger partial charge in [-0.15, -0.1) is 9.39 Å². The maximum Gasteiger partial charge on any atom is 0.0629 e. The second-order valence-corrected chi connectivity index (χ2v) is 12.0. The molecule has 0 radical (unpaired) electrons. The Morgan fingerprint density at radius 2 is 1.81 bits per heavy atom. The fourth-order valence-electron chi connectivity index (χ4n) is 4.17. The average Bonchev–Trinajstić information content (AvgIpc) is 2.57. The molecule has 0 saturated carbocycles. The Morgan fingerprint density at radius 1 is 1.15 bits per heavy atom. The van der Waals surface area contributed by atoms with Crippen LogP contribution in [0.15, 0.2) is 29.2 Å². The quantitative estimate of drug-likeness (QED) is 0.508. The summed E-state index contributed by atoms with van der Waals surface area (Å²) in [4.78, 5) is 1.24. The third kappa shape index (κ3) is 7.29. The predicted molar refractivity (Wildman–Crippen MR) is 124 cm³/mol. The molecular weight excluding hydrogens is 350 g/mol. The first-order valence-corrected chi connectivity index (χ1v) is 12.5. The van der Waals surface area contributed by atoms with Gasteiger partial charge in [0.15, 0.2) is 0 Å². The van der Waals surface area contributed by atoms with E-state index in [2.05, 4.69) is 75.3 Å². The number of rotatable bonds is 9. The molecule has 1 heterocycles. The Kier molecular flexibility index (Phi) is 8.03. The van der Waals surface area contributed by atoms with Crippen molar-refractivity contribution in [2.45, 2.75) is 77.2 Å². The summed E-state index contributed by atoms with van der Waals surface area (Å²) in [5, 5.41) is 0. The van der Waals surface area contributed by atoms with Crippen molar-refractivity contribution in [2.75, 3.05) is 13.2 Å². The number of hydrogen-bond acceptors (Lipinski definition) is 2. The van der Waals surface area contributed by atoms with Gasteiger partial charge in [-0.25, -0.2) is 0 Å². The Balaban J connectivity index is 1.97. The molecule has 1 saturated heterocycles. The highest BCUT2D eigenvalue weighted by Gasteiger charge is 2.33. The summed E-state index contributed by atoms with van der Waals surface area (Å²) in [6.45, 7) is 13.2. The van der Waals surface area contributed by atoms with Crippen molar-refractivity contribution in [2.24, 2.45) is 17.8 Å². The molecule has 1 aromatic rings. The van der Waals surface area contributed by atoms with E-state index in [4.69, 9.17) is 4.74 Å². The maximum atomic E-state index is 5.97. The van der Waals surface area contributed by atoms with E-state index in [1.165, 1.54) is 42.6 Å². The van der Waals surface area contributed by atoms with Crippen molar-refractivity contribution in [1.82, 2.24) is 4.72 Å². The van der Waals surface area contributed by atoms with Gasteiger partial charge in [-0.3, -0.25) is 4.72 Å². The van der Waals surface area contributed by atoms with Gasteiger partial charge in [0.25, 0.3) is 0 Å². The Hall–Kier alpha value is -0.770. The van der Waals surface area contributed by atoms with Gasteiger partial charge in [-0.1, -0.05) is 49.7 Å². The topological polar surface area (TPSA) is 21.3 Å². The van der Waals surface area contributed by atoms with Crippen LogP contribution in [-0.4, -0.2) is 30.5 Å². The molecule has 1 fully saturated rings. The minimum Gasteiger partial charge on any atom is -0.376 e. The SMILES string of the molecule is C=S(=C)(NCC[C@@H](CCC(C)C)[C@H]1CCOC(C)(C)C1)c1ccc(C)cc1. The maximum absolute atomic E-state index is 5.97. The molecule has 0 amide bonds. The van der Waals surface area contributed by atoms with E-state index >= 15 is 0 Å². The zero-order chi connectivity index (χ0) is 20.1. The first kappa shape index (κ1) is 22.5. The second kappa shape index (κ2) is 9.62. The fourth-order valence-corrected chi connectivity index (χ4v) is 5.50. The highest BCUT2D eigenvalue weighted by Crippen LogP contribution is 2.37. The van der Waals surface area contributed by atoms with Crippen LogP contribution >= 0.6 is 9.39 Å². The van der Waals surface area contributed by atoms with Crippen LogP contribution in [0.1, 0.15) is 65.4 Å². The van der Waals surface area contributed by atoms with E-state index in [1.807, 2.05) is 0 Å². The molecule has 1 N–H and O–H groups in total. The number of hydrogen-bond donors (Lipinski definition) is 1. The van der Waals surface area contributed by atoms with E-state index in [1.54, 1.807) is 0 Å². The van der Waals surface area contributed by atoms with E-state index < -0.39 is 9.39 Å². The average molecular weight is 392 g/mol. The zero-order valence-electron chi connectivity index (χ0n) is 18.2. The van der Waals surface area contributed by atoms with Gasteiger partial charge in [-0.2, -0.15) is 0 Å². The third-order valence-corrected chi connectivity index (χ3v) is 7.81. The largest absolute Gasteiger partial charge is 0.376 e. The lowest BCUT2D eigenvalue weighted by Crippen LogP contribution is -2.37. The first-order chi connectivity index (χ1) is 12.6. The molecule has 3 heteroatoms. The van der Waals surface area contributed by atoms with Crippen molar-refractivity contribution in [1.29, 1.82) is 0 Å². The molecule has 1 aromatic carbocycles. The molecule has 2 atom stereocenters. The van der Waals surface area contributed by atoms with Gasteiger partial charge in [0.1, 0.15) is 0 Å².